The van der Waals surface area contributed by atoms with E-state index in [0.29, 0.717) is 18.2 Å². The number of rotatable bonds is 3. The molecule has 0 aliphatic rings. The third-order valence-corrected chi connectivity index (χ3v) is 1.88. The summed E-state index contributed by atoms with van der Waals surface area (Å²) in [7, 11) is 1.82. The fourth-order valence-electron chi connectivity index (χ4n) is 1.07. The maximum Gasteiger partial charge on any atom is 0.224 e. The first-order chi connectivity index (χ1) is 7.24. The van der Waals surface area contributed by atoms with Crippen molar-refractivity contribution in [3.8, 4) is 0 Å². The number of anilines is 1. The summed E-state index contributed by atoms with van der Waals surface area (Å²) < 4.78 is 1.64. The summed E-state index contributed by atoms with van der Waals surface area (Å²) >= 11 is 5.63. The van der Waals surface area contributed by atoms with Crippen molar-refractivity contribution >= 4 is 17.4 Å². The number of hydrogen-bond acceptors (Lipinski definition) is 5. The largest absolute Gasteiger partial charge is 0.363 e. The lowest BCUT2D eigenvalue weighted by atomic mass is 10.5. The Balaban J connectivity index is 1.99. The van der Waals surface area contributed by atoms with Crippen molar-refractivity contribution in [1.82, 2.24) is 24.7 Å². The van der Waals surface area contributed by atoms with Gasteiger partial charge in [0.2, 0.25) is 5.28 Å². The Morgan fingerprint density at radius 2 is 2.33 bits per heavy atom. The van der Waals surface area contributed by atoms with Gasteiger partial charge in [0.15, 0.2) is 5.82 Å². The first kappa shape index (κ1) is 9.85. The van der Waals surface area contributed by atoms with E-state index >= 15 is 0 Å². The lowest BCUT2D eigenvalue weighted by molar-refractivity contribution is 0.747. The van der Waals surface area contributed by atoms with Crippen LogP contribution in [-0.4, -0.2) is 24.7 Å². The second-order valence-electron chi connectivity index (χ2n) is 2.90. The van der Waals surface area contributed by atoms with E-state index in [4.69, 9.17) is 11.6 Å². The lowest BCUT2D eigenvalue weighted by Gasteiger charge is -2.01. The summed E-state index contributed by atoms with van der Waals surface area (Å²) in [5, 5.41) is 7.37. The van der Waals surface area contributed by atoms with Gasteiger partial charge in [-0.2, -0.15) is 5.10 Å². The standard InChI is InChI=1S/C8H9ClN6/c1-15-5-12-7(14-15)4-11-6-2-3-10-8(9)13-6/h2-3,5H,4H2,1H3,(H,10,11,13). The molecule has 1 N–H and O–H groups in total. The molecule has 7 heteroatoms. The van der Waals surface area contributed by atoms with Crippen LogP contribution in [0.15, 0.2) is 18.6 Å². The summed E-state index contributed by atoms with van der Waals surface area (Å²) in [5.74, 6) is 1.36. The zero-order valence-electron chi connectivity index (χ0n) is 8.05. The molecule has 2 aromatic rings. The Bertz CT molecular complexity index is 454. The minimum atomic E-state index is 0.217. The zero-order valence-corrected chi connectivity index (χ0v) is 8.81. The monoisotopic (exact) mass is 224 g/mol. The molecule has 0 aliphatic carbocycles. The van der Waals surface area contributed by atoms with Crippen molar-refractivity contribution in [2.75, 3.05) is 5.32 Å². The molecule has 2 rings (SSSR count). The Hall–Kier alpha value is -1.69. The normalized spacial score (nSPS) is 10.3. The lowest BCUT2D eigenvalue weighted by Crippen LogP contribution is -2.04. The summed E-state index contributed by atoms with van der Waals surface area (Å²) in [5.41, 5.74) is 0. The first-order valence-electron chi connectivity index (χ1n) is 4.31. The third kappa shape index (κ3) is 2.63. The fraction of sp³-hybridized carbons (Fsp3) is 0.250. The molecule has 78 valence electrons. The first-order valence-corrected chi connectivity index (χ1v) is 4.69. The highest BCUT2D eigenvalue weighted by molar-refractivity contribution is 6.28. The molecule has 0 bridgehead atoms. The van der Waals surface area contributed by atoms with Crippen LogP contribution in [0.5, 0.6) is 0 Å². The number of halogens is 1. The second kappa shape index (κ2) is 4.22. The quantitative estimate of drug-likeness (QED) is 0.784. The highest BCUT2D eigenvalue weighted by atomic mass is 35.5. The van der Waals surface area contributed by atoms with Crippen LogP contribution in [0.2, 0.25) is 5.28 Å². The van der Waals surface area contributed by atoms with Gasteiger partial charge in [-0.15, -0.1) is 0 Å². The van der Waals surface area contributed by atoms with Gasteiger partial charge in [0.25, 0.3) is 0 Å². The third-order valence-electron chi connectivity index (χ3n) is 1.70. The molecule has 0 fully saturated rings. The van der Waals surface area contributed by atoms with Crippen LogP contribution in [0, 0.1) is 0 Å². The van der Waals surface area contributed by atoms with Gasteiger partial charge < -0.3 is 5.32 Å². The van der Waals surface area contributed by atoms with Crippen molar-refractivity contribution in [2.24, 2.45) is 7.05 Å². The summed E-state index contributed by atoms with van der Waals surface area (Å²) in [6.07, 6.45) is 3.23. The van der Waals surface area contributed by atoms with Crippen molar-refractivity contribution in [1.29, 1.82) is 0 Å². The van der Waals surface area contributed by atoms with Gasteiger partial charge in [-0.3, -0.25) is 4.68 Å². The Labute approximate surface area is 91.3 Å². The molecule has 0 unspecified atom stereocenters. The van der Waals surface area contributed by atoms with E-state index < -0.39 is 0 Å². The smallest absolute Gasteiger partial charge is 0.224 e. The van der Waals surface area contributed by atoms with Gasteiger partial charge in [0.05, 0.1) is 6.54 Å². The van der Waals surface area contributed by atoms with Crippen LogP contribution in [0.1, 0.15) is 5.82 Å². The molecule has 0 atom stereocenters. The zero-order chi connectivity index (χ0) is 10.7. The molecule has 0 saturated carbocycles. The van der Waals surface area contributed by atoms with E-state index in [-0.39, 0.29) is 5.28 Å². The molecule has 6 nitrogen and oxygen atoms in total. The highest BCUT2D eigenvalue weighted by Crippen LogP contribution is 2.06. The Kier molecular flexibility index (Phi) is 2.77. The summed E-state index contributed by atoms with van der Waals surface area (Å²) in [6, 6.07) is 1.73. The van der Waals surface area contributed by atoms with E-state index in [0.717, 1.165) is 0 Å². The molecule has 2 heterocycles. The molecule has 0 spiro atoms. The predicted octanol–water partition coefficient (Wildman–Crippen LogP) is 0.871. The van der Waals surface area contributed by atoms with Crippen LogP contribution in [0.3, 0.4) is 0 Å². The van der Waals surface area contributed by atoms with Crippen LogP contribution < -0.4 is 5.32 Å². The van der Waals surface area contributed by atoms with Crippen molar-refractivity contribution in [3.05, 3.63) is 29.7 Å². The van der Waals surface area contributed by atoms with Crippen molar-refractivity contribution in [2.45, 2.75) is 6.54 Å². The topological polar surface area (TPSA) is 68.5 Å². The van der Waals surface area contributed by atoms with E-state index in [1.165, 1.54) is 0 Å². The van der Waals surface area contributed by atoms with Gasteiger partial charge >= 0.3 is 0 Å². The van der Waals surface area contributed by atoms with Gasteiger partial charge in [0.1, 0.15) is 12.1 Å². The van der Waals surface area contributed by atoms with E-state index in [1.807, 2.05) is 7.05 Å². The van der Waals surface area contributed by atoms with Crippen LogP contribution in [-0.2, 0) is 13.6 Å². The Morgan fingerprint density at radius 3 is 3.00 bits per heavy atom. The molecular formula is C8H9ClN6. The molecule has 0 aliphatic heterocycles. The highest BCUT2D eigenvalue weighted by Gasteiger charge is 2.00. The molecule has 0 amide bonds. The fourth-order valence-corrected chi connectivity index (χ4v) is 1.22. The van der Waals surface area contributed by atoms with Gasteiger partial charge in [-0.05, 0) is 17.7 Å². The summed E-state index contributed by atoms with van der Waals surface area (Å²) in [4.78, 5) is 11.8. The average Bonchev–Trinajstić information content (AvgIpc) is 2.62. The number of hydrogen-bond donors (Lipinski definition) is 1. The maximum absolute atomic E-state index is 5.63. The molecule has 15 heavy (non-hydrogen) atoms. The molecule has 2 aromatic heterocycles. The number of nitrogens with zero attached hydrogens (tertiary/aromatic N) is 5. The van der Waals surface area contributed by atoms with Gasteiger partial charge in [0, 0.05) is 13.2 Å². The minimum absolute atomic E-state index is 0.217. The van der Waals surface area contributed by atoms with Crippen molar-refractivity contribution in [3.63, 3.8) is 0 Å². The maximum atomic E-state index is 5.63. The molecule has 0 saturated heterocycles. The summed E-state index contributed by atoms with van der Waals surface area (Å²) in [6.45, 7) is 0.508. The number of aryl methyl sites for hydroxylation is 1. The van der Waals surface area contributed by atoms with E-state index in [1.54, 1.807) is 23.3 Å². The predicted molar refractivity (Wildman–Crippen MR) is 55.4 cm³/mol. The average molecular weight is 225 g/mol. The molecule has 0 aromatic carbocycles. The van der Waals surface area contributed by atoms with Gasteiger partial charge in [-0.25, -0.2) is 15.0 Å². The van der Waals surface area contributed by atoms with Crippen LogP contribution in [0.4, 0.5) is 5.82 Å². The Morgan fingerprint density at radius 1 is 1.47 bits per heavy atom. The van der Waals surface area contributed by atoms with Crippen LogP contribution >= 0.6 is 11.6 Å². The van der Waals surface area contributed by atoms with E-state index in [9.17, 15) is 0 Å². The minimum Gasteiger partial charge on any atom is -0.363 e. The van der Waals surface area contributed by atoms with E-state index in [2.05, 4.69) is 25.4 Å². The molecular weight excluding hydrogens is 216 g/mol. The van der Waals surface area contributed by atoms with Gasteiger partial charge in [-0.1, -0.05) is 0 Å². The number of nitrogens with one attached hydrogen (secondary N) is 1. The number of aromatic nitrogens is 5. The van der Waals surface area contributed by atoms with Crippen molar-refractivity contribution < 1.29 is 0 Å². The molecule has 0 radical (unpaired) electrons. The SMILES string of the molecule is Cn1cnc(CNc2ccnc(Cl)n2)n1. The second-order valence-corrected chi connectivity index (χ2v) is 3.24. The van der Waals surface area contributed by atoms with Crippen LogP contribution in [0.25, 0.3) is 0 Å².